The van der Waals surface area contributed by atoms with Crippen molar-refractivity contribution >= 4 is 0 Å². The summed E-state index contributed by atoms with van der Waals surface area (Å²) in [5.41, 5.74) is 0. The summed E-state index contributed by atoms with van der Waals surface area (Å²) in [7, 11) is 13.9. The van der Waals surface area contributed by atoms with E-state index in [1.807, 2.05) is 19.4 Å². The first-order chi connectivity index (χ1) is 37.7. The van der Waals surface area contributed by atoms with Crippen molar-refractivity contribution in [1.29, 1.82) is 0 Å². The van der Waals surface area contributed by atoms with Crippen LogP contribution in [0.4, 0.5) is 0 Å². The van der Waals surface area contributed by atoms with Crippen LogP contribution in [0.3, 0.4) is 0 Å². The van der Waals surface area contributed by atoms with Crippen molar-refractivity contribution in [2.24, 2.45) is 0 Å². The van der Waals surface area contributed by atoms with Crippen LogP contribution in [0.25, 0.3) is 0 Å². The second-order valence-corrected chi connectivity index (χ2v) is 27.1. The van der Waals surface area contributed by atoms with Gasteiger partial charge in [0.1, 0.15) is 0 Å². The Labute approximate surface area is 534 Å². The second kappa shape index (κ2) is 82.0. The highest BCUT2D eigenvalue weighted by atomic mass is 79.9. The standard InChI is InChI=1S/C38H80N.C34H72N.C2H7N.BrH.2ClH/c1-5-7-9-11-13-15-17-19-21-23-25-27-29-31-33-35-37-39(3,4)38-36-34-32-30-28-26-24-22-20-18-16-14-12-10-8-6-2;1-5-7-9-11-13-15-17-19-21-23-25-27-29-31-33-35(3,4)34-32-30-28-26-24-22-20-18-16-14-12-10-8-6-2;1-3-2;;;/h5-38H2,1-4H3;5-34H2,1-4H3;3H,1-2H3;3*1H/q2*+1;;;;/p-2. The summed E-state index contributed by atoms with van der Waals surface area (Å²) in [4.78, 5) is 0. The van der Waals surface area contributed by atoms with E-state index in [-0.39, 0.29) is 41.8 Å². The van der Waals surface area contributed by atoms with Gasteiger partial charge in [-0.05, 0) is 51.4 Å². The smallest absolute Gasteiger partial charge is 0.0782 e. The number of quaternary nitrogens is 3. The lowest BCUT2D eigenvalue weighted by atomic mass is 10.0. The van der Waals surface area contributed by atoms with Crippen LogP contribution in [-0.2, 0) is 0 Å². The Bertz CT molecular complexity index is 925. The normalized spacial score (nSPS) is 11.3. The van der Waals surface area contributed by atoms with Gasteiger partial charge in [0.05, 0.1) is 68.5 Å². The van der Waals surface area contributed by atoms with Gasteiger partial charge in [0.2, 0.25) is 0 Å². The molecule has 0 spiro atoms. The summed E-state index contributed by atoms with van der Waals surface area (Å²) >= 11 is 0. The molecule has 0 amide bonds. The molecule has 0 saturated heterocycles. The summed E-state index contributed by atoms with van der Waals surface area (Å²) < 4.78 is 2.49. The third-order valence-corrected chi connectivity index (χ3v) is 17.5. The molecule has 80 heavy (non-hydrogen) atoms. The van der Waals surface area contributed by atoms with Gasteiger partial charge in [0.25, 0.3) is 0 Å². The molecular weight excluding hydrogens is 1080 g/mol. The Morgan fingerprint density at radius 2 is 0.250 bits per heavy atom. The Hall–Kier alpha value is 0.940. The highest BCUT2D eigenvalue weighted by molar-refractivity contribution is 4.55. The maximum Gasteiger partial charge on any atom is 0.0782 e. The van der Waals surface area contributed by atoms with Gasteiger partial charge in [-0.2, -0.15) is 0 Å². The molecule has 3 nitrogen and oxygen atoms in total. The van der Waals surface area contributed by atoms with Crippen LogP contribution in [0.5, 0.6) is 0 Å². The average Bonchev–Trinajstić information content (AvgIpc) is 3.41. The predicted octanol–water partition coefficient (Wildman–Crippen LogP) is 15.4. The lowest BCUT2D eigenvalue weighted by Crippen LogP contribution is -3.00. The third-order valence-electron chi connectivity index (χ3n) is 17.5. The van der Waals surface area contributed by atoms with Gasteiger partial charge in [-0.3, -0.25) is 0 Å². The van der Waals surface area contributed by atoms with Crippen molar-refractivity contribution < 1.29 is 56.1 Å². The number of rotatable bonds is 64. The molecule has 0 bridgehead atoms. The third kappa shape index (κ3) is 90.1. The summed E-state index contributed by atoms with van der Waals surface area (Å²) in [6.07, 6.45) is 87.9. The molecule has 0 aromatic rings. The molecule has 0 unspecified atom stereocenters. The molecule has 0 heterocycles. The molecular formula is C74H160BrCl2N3. The van der Waals surface area contributed by atoms with Crippen LogP contribution in [0, 0.1) is 0 Å². The number of nitrogens with zero attached hydrogens (tertiary/aromatic N) is 2. The van der Waals surface area contributed by atoms with Gasteiger partial charge in [-0.25, -0.2) is 0 Å². The van der Waals surface area contributed by atoms with Crippen molar-refractivity contribution in [1.82, 2.24) is 0 Å². The number of halogens is 3. The van der Waals surface area contributed by atoms with E-state index in [9.17, 15) is 0 Å². The fourth-order valence-corrected chi connectivity index (χ4v) is 11.9. The summed E-state index contributed by atoms with van der Waals surface area (Å²) in [5.74, 6) is 0. The summed E-state index contributed by atoms with van der Waals surface area (Å²) in [6.45, 7) is 14.8. The van der Waals surface area contributed by atoms with Gasteiger partial charge in [0.15, 0.2) is 0 Å². The van der Waals surface area contributed by atoms with Crippen LogP contribution in [0.1, 0.15) is 413 Å². The van der Waals surface area contributed by atoms with Crippen LogP contribution in [0.15, 0.2) is 0 Å². The minimum absolute atomic E-state index is 0. The maximum absolute atomic E-state index is 2.47. The topological polar surface area (TPSA) is 16.6 Å². The number of hydrogen-bond acceptors (Lipinski definition) is 0. The maximum atomic E-state index is 2.47. The SMILES string of the molecule is CCCCCCCCCCCCCCCCCC[N+](C)(C)CCCCCCCCCCCCCCCCCC.CCCCCCCCCCCCCCCC[N+](C)(C)CCCCCCCCCCCCCCCC.C[NH2+]C.[Br-].[Cl-].[Cl-]. The lowest BCUT2D eigenvalue weighted by Gasteiger charge is -2.30. The van der Waals surface area contributed by atoms with Gasteiger partial charge in [-0.1, -0.05) is 362 Å². The van der Waals surface area contributed by atoms with E-state index in [1.165, 1.54) is 420 Å². The minimum Gasteiger partial charge on any atom is -1.00 e. The van der Waals surface area contributed by atoms with E-state index in [0.29, 0.717) is 0 Å². The van der Waals surface area contributed by atoms with E-state index in [1.54, 1.807) is 0 Å². The zero-order valence-electron chi connectivity index (χ0n) is 57.9. The van der Waals surface area contributed by atoms with E-state index < -0.39 is 0 Å². The Morgan fingerprint density at radius 1 is 0.175 bits per heavy atom. The number of unbranched alkanes of at least 4 members (excludes halogenated alkanes) is 56. The first-order valence-corrected chi connectivity index (χ1v) is 37.0. The molecule has 0 rings (SSSR count). The van der Waals surface area contributed by atoms with Crippen LogP contribution >= 0.6 is 0 Å². The predicted molar refractivity (Wildman–Crippen MR) is 357 cm³/mol. The highest BCUT2D eigenvalue weighted by Gasteiger charge is 2.15. The molecule has 0 aromatic heterocycles. The zero-order chi connectivity index (χ0) is 57.0. The Kier molecular flexibility index (Phi) is 94.4. The van der Waals surface area contributed by atoms with Crippen LogP contribution < -0.4 is 47.1 Å². The van der Waals surface area contributed by atoms with Crippen molar-refractivity contribution in [3.8, 4) is 0 Å². The quantitative estimate of drug-likeness (QED) is 0.0462. The molecule has 0 radical (unpaired) electrons. The van der Waals surface area contributed by atoms with Gasteiger partial charge in [-0.15, -0.1) is 0 Å². The molecule has 0 saturated carbocycles. The van der Waals surface area contributed by atoms with E-state index in [0.717, 1.165) is 0 Å². The molecule has 0 aliphatic rings. The fourth-order valence-electron chi connectivity index (χ4n) is 11.9. The Morgan fingerprint density at radius 3 is 0.338 bits per heavy atom. The molecule has 0 fully saturated rings. The Balaban J connectivity index is -0.000000316. The molecule has 0 aliphatic heterocycles. The minimum atomic E-state index is 0. The fraction of sp³-hybridized carbons (Fsp3) is 1.00. The van der Waals surface area contributed by atoms with E-state index in [4.69, 9.17) is 0 Å². The van der Waals surface area contributed by atoms with Crippen LogP contribution in [0.2, 0.25) is 0 Å². The summed E-state index contributed by atoms with van der Waals surface area (Å²) in [5, 5.41) is 2.00. The summed E-state index contributed by atoms with van der Waals surface area (Å²) in [6, 6.07) is 0. The van der Waals surface area contributed by atoms with Crippen LogP contribution in [-0.4, -0.2) is 77.4 Å². The first kappa shape index (κ1) is 92.1. The molecule has 0 aliphatic carbocycles. The molecule has 0 atom stereocenters. The van der Waals surface area contributed by atoms with Gasteiger partial charge in [0, 0.05) is 0 Å². The van der Waals surface area contributed by atoms with Gasteiger partial charge < -0.3 is 56.1 Å². The molecule has 2 N–H and O–H groups in total. The average molecular weight is 1240 g/mol. The van der Waals surface area contributed by atoms with Gasteiger partial charge >= 0.3 is 0 Å². The number of nitrogens with two attached hydrogens (primary N) is 1. The molecule has 6 heteroatoms. The number of hydrogen-bond donors (Lipinski definition) is 1. The van der Waals surface area contributed by atoms with Crippen molar-refractivity contribution in [3.63, 3.8) is 0 Å². The second-order valence-electron chi connectivity index (χ2n) is 27.1. The van der Waals surface area contributed by atoms with Crippen molar-refractivity contribution in [2.45, 2.75) is 413 Å². The van der Waals surface area contributed by atoms with Crippen molar-refractivity contribution in [3.05, 3.63) is 0 Å². The molecule has 492 valence electrons. The van der Waals surface area contributed by atoms with E-state index >= 15 is 0 Å². The van der Waals surface area contributed by atoms with Crippen molar-refractivity contribution in [2.75, 3.05) is 68.5 Å². The zero-order valence-corrected chi connectivity index (χ0v) is 61.0. The largest absolute Gasteiger partial charge is 1.00 e. The highest BCUT2D eigenvalue weighted by Crippen LogP contribution is 2.19. The molecule has 0 aromatic carbocycles. The monoisotopic (exact) mass is 1240 g/mol. The van der Waals surface area contributed by atoms with E-state index in [2.05, 4.69) is 55.9 Å². The lowest BCUT2D eigenvalue weighted by molar-refractivity contribution is -0.890. The first-order valence-electron chi connectivity index (χ1n) is 37.0.